The molecule has 31 heavy (non-hydrogen) atoms. The molecule has 0 aliphatic rings. The van der Waals surface area contributed by atoms with Crippen LogP contribution >= 0.6 is 34.8 Å². The average Bonchev–Trinajstić information content (AvgIpc) is 2.69. The molecule has 0 saturated carbocycles. The van der Waals surface area contributed by atoms with E-state index in [9.17, 15) is 22.8 Å². The normalized spacial score (nSPS) is 10.7. The van der Waals surface area contributed by atoms with Gasteiger partial charge < -0.3 is 10.1 Å². The third-order valence-electron chi connectivity index (χ3n) is 3.69. The fraction of sp³-hybridized carbons (Fsp3) is 0.333. The number of hydrogen-bond donors (Lipinski definition) is 1. The van der Waals surface area contributed by atoms with Gasteiger partial charge in [-0.2, -0.15) is 13.2 Å². The fourth-order valence-corrected chi connectivity index (χ4v) is 2.65. The Morgan fingerprint density at radius 3 is 2.10 bits per heavy atom. The van der Waals surface area contributed by atoms with Crippen molar-refractivity contribution in [2.75, 3.05) is 11.9 Å². The SMILES string of the molecule is CCOC(=O)CCc1ccc(Cl)c(NC(=O)CCC(F)(F)F)c1.Clc1ccccc1Cl. The molecule has 0 fully saturated rings. The molecule has 4 nitrogen and oxygen atoms in total. The zero-order chi connectivity index (χ0) is 23.4. The molecule has 2 aromatic rings. The Kier molecular flexibility index (Phi) is 11.7. The lowest BCUT2D eigenvalue weighted by molar-refractivity contribution is -0.143. The quantitative estimate of drug-likeness (QED) is 0.414. The predicted molar refractivity (Wildman–Crippen MR) is 117 cm³/mol. The van der Waals surface area contributed by atoms with E-state index >= 15 is 0 Å². The van der Waals surface area contributed by atoms with E-state index in [1.54, 1.807) is 25.1 Å². The molecule has 1 N–H and O–H groups in total. The largest absolute Gasteiger partial charge is 0.466 e. The van der Waals surface area contributed by atoms with Crippen molar-refractivity contribution in [1.82, 2.24) is 0 Å². The van der Waals surface area contributed by atoms with Crippen LogP contribution in [-0.4, -0.2) is 24.7 Å². The molecule has 0 aliphatic carbocycles. The van der Waals surface area contributed by atoms with Crippen molar-refractivity contribution in [2.24, 2.45) is 0 Å². The summed E-state index contributed by atoms with van der Waals surface area (Å²) in [4.78, 5) is 22.8. The smallest absolute Gasteiger partial charge is 0.389 e. The lowest BCUT2D eigenvalue weighted by Gasteiger charge is -2.10. The third-order valence-corrected chi connectivity index (χ3v) is 4.77. The minimum absolute atomic E-state index is 0.164. The second-order valence-corrected chi connectivity index (χ2v) is 7.42. The van der Waals surface area contributed by atoms with Crippen LogP contribution in [-0.2, 0) is 20.7 Å². The summed E-state index contributed by atoms with van der Waals surface area (Å²) in [7, 11) is 0. The molecule has 0 saturated heterocycles. The molecule has 0 bridgehead atoms. The summed E-state index contributed by atoms with van der Waals surface area (Å²) in [6.45, 7) is 1.99. The highest BCUT2D eigenvalue weighted by Crippen LogP contribution is 2.26. The number of alkyl halides is 3. The Morgan fingerprint density at radius 2 is 1.58 bits per heavy atom. The minimum atomic E-state index is -4.39. The van der Waals surface area contributed by atoms with Crippen LogP contribution in [0.4, 0.5) is 18.9 Å². The summed E-state index contributed by atoms with van der Waals surface area (Å²) in [5.74, 6) is -1.12. The Hall–Kier alpha value is -1.96. The molecule has 0 radical (unpaired) electrons. The van der Waals surface area contributed by atoms with Gasteiger partial charge in [-0.1, -0.05) is 53.0 Å². The first-order valence-electron chi connectivity index (χ1n) is 9.22. The van der Waals surface area contributed by atoms with Crippen molar-refractivity contribution >= 4 is 52.4 Å². The van der Waals surface area contributed by atoms with Gasteiger partial charge in [-0.05, 0) is 43.2 Å². The summed E-state index contributed by atoms with van der Waals surface area (Å²) in [5.41, 5.74) is 0.939. The van der Waals surface area contributed by atoms with Crippen LogP contribution < -0.4 is 5.32 Å². The van der Waals surface area contributed by atoms with Crippen molar-refractivity contribution in [3.8, 4) is 0 Å². The van der Waals surface area contributed by atoms with Gasteiger partial charge in [-0.25, -0.2) is 0 Å². The van der Waals surface area contributed by atoms with Gasteiger partial charge in [-0.3, -0.25) is 9.59 Å². The molecular formula is C21H21Cl3F3NO3. The van der Waals surface area contributed by atoms with Crippen molar-refractivity contribution in [2.45, 2.75) is 38.8 Å². The van der Waals surface area contributed by atoms with E-state index in [4.69, 9.17) is 39.5 Å². The van der Waals surface area contributed by atoms with Crippen LogP contribution in [0.5, 0.6) is 0 Å². The lowest BCUT2D eigenvalue weighted by Crippen LogP contribution is -2.16. The van der Waals surface area contributed by atoms with Crippen LogP contribution in [0.15, 0.2) is 42.5 Å². The Balaban J connectivity index is 0.000000500. The molecule has 0 heterocycles. The molecule has 0 unspecified atom stereocenters. The number of nitrogens with one attached hydrogen (secondary N) is 1. The first-order valence-corrected chi connectivity index (χ1v) is 10.4. The maximum absolute atomic E-state index is 12.1. The van der Waals surface area contributed by atoms with E-state index in [1.807, 2.05) is 12.1 Å². The topological polar surface area (TPSA) is 55.4 Å². The van der Waals surface area contributed by atoms with Gasteiger partial charge in [0, 0.05) is 12.8 Å². The summed E-state index contributed by atoms with van der Waals surface area (Å²) in [6, 6.07) is 11.9. The molecule has 2 aromatic carbocycles. The number of carbonyl (C=O) groups excluding carboxylic acids is 2. The molecule has 0 aromatic heterocycles. The van der Waals surface area contributed by atoms with E-state index in [2.05, 4.69) is 5.32 Å². The maximum Gasteiger partial charge on any atom is 0.389 e. The molecule has 2 rings (SSSR count). The van der Waals surface area contributed by atoms with E-state index in [0.717, 1.165) is 0 Å². The second kappa shape index (κ2) is 13.5. The first-order chi connectivity index (χ1) is 14.5. The number of benzene rings is 2. The highest BCUT2D eigenvalue weighted by Gasteiger charge is 2.28. The third kappa shape index (κ3) is 11.9. The van der Waals surface area contributed by atoms with Crippen LogP contribution in [0.2, 0.25) is 15.1 Å². The number of amides is 1. The highest BCUT2D eigenvalue weighted by atomic mass is 35.5. The van der Waals surface area contributed by atoms with E-state index in [-0.39, 0.29) is 23.1 Å². The molecule has 1 amide bonds. The zero-order valence-electron chi connectivity index (χ0n) is 16.6. The number of anilines is 1. The van der Waals surface area contributed by atoms with Gasteiger partial charge in [-0.15, -0.1) is 0 Å². The number of halogens is 6. The maximum atomic E-state index is 12.1. The summed E-state index contributed by atoms with van der Waals surface area (Å²) in [6.07, 6.45) is -5.72. The van der Waals surface area contributed by atoms with Gasteiger partial charge in [0.25, 0.3) is 0 Å². The summed E-state index contributed by atoms with van der Waals surface area (Å²) in [5, 5.41) is 3.77. The van der Waals surface area contributed by atoms with Gasteiger partial charge in [0.1, 0.15) is 0 Å². The highest BCUT2D eigenvalue weighted by molar-refractivity contribution is 6.41. The number of aryl methyl sites for hydroxylation is 1. The fourth-order valence-electron chi connectivity index (χ4n) is 2.21. The van der Waals surface area contributed by atoms with Crippen LogP contribution in [0.3, 0.4) is 0 Å². The number of hydrogen-bond acceptors (Lipinski definition) is 3. The lowest BCUT2D eigenvalue weighted by atomic mass is 10.1. The molecule has 0 aliphatic heterocycles. The van der Waals surface area contributed by atoms with Gasteiger partial charge >= 0.3 is 12.1 Å². The van der Waals surface area contributed by atoms with Crippen molar-refractivity contribution in [3.05, 3.63) is 63.1 Å². The molecule has 0 atom stereocenters. The standard InChI is InChI=1S/C15H17ClF3NO3.C6H4Cl2/c1-2-23-14(22)6-4-10-3-5-11(16)12(9-10)20-13(21)7-8-15(17,18)19;7-5-3-1-2-4-6(5)8/h3,5,9H,2,4,6-8H2,1H3,(H,20,21);1-4H. The molecule has 170 valence electrons. The zero-order valence-corrected chi connectivity index (χ0v) is 18.8. The molecule has 0 spiro atoms. The van der Waals surface area contributed by atoms with E-state index < -0.39 is 24.9 Å². The van der Waals surface area contributed by atoms with Crippen molar-refractivity contribution in [3.63, 3.8) is 0 Å². The first kappa shape index (κ1) is 27.1. The summed E-state index contributed by atoms with van der Waals surface area (Å²) >= 11 is 17.1. The number of esters is 1. The van der Waals surface area contributed by atoms with Crippen LogP contribution in [0, 0.1) is 0 Å². The Labute approximate surface area is 193 Å². The predicted octanol–water partition coefficient (Wildman–Crippen LogP) is 7.11. The monoisotopic (exact) mass is 497 g/mol. The Bertz CT molecular complexity index is 855. The molecule has 10 heteroatoms. The summed E-state index contributed by atoms with van der Waals surface area (Å²) < 4.78 is 41.1. The van der Waals surface area contributed by atoms with E-state index in [0.29, 0.717) is 28.6 Å². The van der Waals surface area contributed by atoms with Crippen molar-refractivity contribution in [1.29, 1.82) is 0 Å². The van der Waals surface area contributed by atoms with Crippen LogP contribution in [0.1, 0.15) is 31.7 Å². The van der Waals surface area contributed by atoms with Gasteiger partial charge in [0.15, 0.2) is 0 Å². The van der Waals surface area contributed by atoms with Crippen LogP contribution in [0.25, 0.3) is 0 Å². The minimum Gasteiger partial charge on any atom is -0.466 e. The van der Waals surface area contributed by atoms with Crippen molar-refractivity contribution < 1.29 is 27.5 Å². The van der Waals surface area contributed by atoms with Gasteiger partial charge in [0.05, 0.1) is 33.8 Å². The van der Waals surface area contributed by atoms with Gasteiger partial charge in [0.2, 0.25) is 5.91 Å². The molecular weight excluding hydrogens is 478 g/mol. The Morgan fingerprint density at radius 1 is 0.968 bits per heavy atom. The average molecular weight is 499 g/mol. The van der Waals surface area contributed by atoms with E-state index in [1.165, 1.54) is 12.1 Å². The number of carbonyl (C=O) groups is 2. The second-order valence-electron chi connectivity index (χ2n) is 6.20. The number of rotatable bonds is 7. The number of ether oxygens (including phenoxy) is 1.